The molecule has 7 heteroatoms. The lowest BCUT2D eigenvalue weighted by Crippen LogP contribution is -2.39. The van der Waals surface area contributed by atoms with Crippen molar-refractivity contribution >= 4 is 17.2 Å². The van der Waals surface area contributed by atoms with Crippen LogP contribution in [0.3, 0.4) is 0 Å². The highest BCUT2D eigenvalue weighted by molar-refractivity contribution is 5.78. The van der Waals surface area contributed by atoms with Crippen LogP contribution in [0, 0.1) is 5.82 Å². The summed E-state index contributed by atoms with van der Waals surface area (Å²) in [5, 5.41) is 3.28. The van der Waals surface area contributed by atoms with Gasteiger partial charge in [0.15, 0.2) is 23.1 Å². The number of hydrogen-bond acceptors (Lipinski definition) is 6. The number of aromatic nitrogens is 1. The van der Waals surface area contributed by atoms with Crippen molar-refractivity contribution in [2.24, 2.45) is 0 Å². The topological polar surface area (TPSA) is 72.6 Å². The maximum atomic E-state index is 14.1. The van der Waals surface area contributed by atoms with E-state index in [2.05, 4.69) is 15.2 Å². The second kappa shape index (κ2) is 6.16. The summed E-state index contributed by atoms with van der Waals surface area (Å²) >= 11 is 0. The summed E-state index contributed by atoms with van der Waals surface area (Å²) in [6, 6.07) is 6.53. The zero-order valence-electron chi connectivity index (χ0n) is 13.2. The summed E-state index contributed by atoms with van der Waals surface area (Å²) in [5.41, 5.74) is 6.84. The quantitative estimate of drug-likeness (QED) is 0.843. The van der Waals surface area contributed by atoms with Gasteiger partial charge in [0.25, 0.3) is 0 Å². The highest BCUT2D eigenvalue weighted by Gasteiger charge is 2.31. The average Bonchev–Trinajstić information content (AvgIpc) is 3.03. The van der Waals surface area contributed by atoms with Crippen molar-refractivity contribution in [3.05, 3.63) is 36.3 Å². The van der Waals surface area contributed by atoms with Gasteiger partial charge in [-0.05, 0) is 25.0 Å². The van der Waals surface area contributed by atoms with E-state index in [0.29, 0.717) is 24.1 Å². The maximum absolute atomic E-state index is 14.1. The first-order chi connectivity index (χ1) is 11.7. The summed E-state index contributed by atoms with van der Waals surface area (Å²) in [5.74, 6) is 1.01. The van der Waals surface area contributed by atoms with E-state index < -0.39 is 5.82 Å². The molecule has 1 aromatic carbocycles. The van der Waals surface area contributed by atoms with Crippen molar-refractivity contribution in [2.45, 2.75) is 18.9 Å². The molecule has 6 nitrogen and oxygen atoms in total. The Hall–Kier alpha value is -2.54. The number of halogens is 1. The van der Waals surface area contributed by atoms with Gasteiger partial charge in [-0.15, -0.1) is 0 Å². The van der Waals surface area contributed by atoms with Gasteiger partial charge < -0.3 is 25.4 Å². The van der Waals surface area contributed by atoms with Crippen molar-refractivity contribution in [3.63, 3.8) is 0 Å². The molecule has 0 radical (unpaired) electrons. The van der Waals surface area contributed by atoms with Crippen LogP contribution >= 0.6 is 0 Å². The molecule has 1 fully saturated rings. The highest BCUT2D eigenvalue weighted by atomic mass is 19.1. The van der Waals surface area contributed by atoms with Gasteiger partial charge in [0.2, 0.25) is 0 Å². The van der Waals surface area contributed by atoms with Crippen molar-refractivity contribution in [2.75, 3.05) is 35.8 Å². The molecule has 0 aliphatic carbocycles. The first-order valence-corrected chi connectivity index (χ1v) is 8.02. The molecule has 126 valence electrons. The van der Waals surface area contributed by atoms with Gasteiger partial charge in [-0.2, -0.15) is 0 Å². The highest BCUT2D eigenvalue weighted by Crippen LogP contribution is 2.42. The van der Waals surface area contributed by atoms with E-state index in [9.17, 15) is 4.39 Å². The predicted molar refractivity (Wildman–Crippen MR) is 89.9 cm³/mol. The van der Waals surface area contributed by atoms with Crippen LogP contribution in [0.25, 0.3) is 0 Å². The lowest BCUT2D eigenvalue weighted by atomic mass is 10.1. The van der Waals surface area contributed by atoms with E-state index >= 15 is 0 Å². The first-order valence-electron chi connectivity index (χ1n) is 8.02. The van der Waals surface area contributed by atoms with E-state index in [4.69, 9.17) is 15.2 Å². The van der Waals surface area contributed by atoms with Crippen LogP contribution in [0.2, 0.25) is 0 Å². The Kier molecular flexibility index (Phi) is 3.86. The van der Waals surface area contributed by atoms with E-state index in [1.165, 1.54) is 6.07 Å². The summed E-state index contributed by atoms with van der Waals surface area (Å²) in [6.45, 7) is 2.16. The molecule has 0 unspecified atom stereocenters. The molecular formula is C17H19FN4O2. The van der Waals surface area contributed by atoms with Crippen LogP contribution in [-0.2, 0) is 4.74 Å². The number of nitrogen functional groups attached to an aromatic ring is 1. The third-order valence-corrected chi connectivity index (χ3v) is 4.40. The van der Waals surface area contributed by atoms with Crippen LogP contribution in [0.4, 0.5) is 21.6 Å². The monoisotopic (exact) mass is 330 g/mol. The standard InChI is InChI=1S/C17H19FN4O2/c18-13-9-11(19)1-2-14(13)24-15-3-6-20-17-16(15)22(10-21-17)12-4-7-23-8-5-12/h1-3,6,9,12H,4-5,7-8,10,19H2,(H,20,21). The number of rotatable bonds is 3. The molecular weight excluding hydrogens is 311 g/mol. The fourth-order valence-electron chi connectivity index (χ4n) is 3.19. The zero-order valence-corrected chi connectivity index (χ0v) is 13.2. The molecule has 2 aliphatic rings. The fourth-order valence-corrected chi connectivity index (χ4v) is 3.19. The predicted octanol–water partition coefficient (Wildman–Crippen LogP) is 2.96. The smallest absolute Gasteiger partial charge is 0.167 e. The molecule has 1 saturated heterocycles. The number of ether oxygens (including phenoxy) is 2. The molecule has 24 heavy (non-hydrogen) atoms. The van der Waals surface area contributed by atoms with Gasteiger partial charge in [-0.3, -0.25) is 0 Å². The molecule has 2 aromatic rings. The number of pyridine rings is 1. The number of anilines is 3. The second-order valence-electron chi connectivity index (χ2n) is 5.95. The Bertz CT molecular complexity index is 749. The Labute approximate surface area is 139 Å². The Morgan fingerprint density at radius 1 is 1.25 bits per heavy atom. The second-order valence-corrected chi connectivity index (χ2v) is 5.95. The van der Waals surface area contributed by atoms with Crippen LogP contribution in [0.15, 0.2) is 30.5 Å². The molecule has 0 spiro atoms. The Morgan fingerprint density at radius 2 is 2.08 bits per heavy atom. The van der Waals surface area contributed by atoms with E-state index in [1.807, 2.05) is 0 Å². The SMILES string of the molecule is Nc1ccc(Oc2ccnc3c2N(C2CCOCC2)CN3)c(F)c1. The van der Waals surface area contributed by atoms with Gasteiger partial charge >= 0.3 is 0 Å². The molecule has 1 aromatic heterocycles. The summed E-state index contributed by atoms with van der Waals surface area (Å²) < 4.78 is 25.4. The van der Waals surface area contributed by atoms with E-state index in [0.717, 1.165) is 37.6 Å². The van der Waals surface area contributed by atoms with Gasteiger partial charge in [0, 0.05) is 43.3 Å². The van der Waals surface area contributed by atoms with E-state index in [-0.39, 0.29) is 5.75 Å². The molecule has 0 bridgehead atoms. The van der Waals surface area contributed by atoms with Crippen molar-refractivity contribution < 1.29 is 13.9 Å². The molecule has 0 amide bonds. The third kappa shape index (κ3) is 2.71. The van der Waals surface area contributed by atoms with Crippen LogP contribution in [-0.4, -0.2) is 30.9 Å². The van der Waals surface area contributed by atoms with E-state index in [1.54, 1.807) is 24.4 Å². The number of hydrogen-bond donors (Lipinski definition) is 2. The normalized spacial score (nSPS) is 17.5. The van der Waals surface area contributed by atoms with Crippen molar-refractivity contribution in [1.82, 2.24) is 4.98 Å². The molecule has 0 atom stereocenters. The summed E-state index contributed by atoms with van der Waals surface area (Å²) in [6.07, 6.45) is 3.56. The Balaban J connectivity index is 1.66. The van der Waals surface area contributed by atoms with Gasteiger partial charge in [-0.25, -0.2) is 9.37 Å². The molecule has 4 rings (SSSR count). The lowest BCUT2D eigenvalue weighted by Gasteiger charge is -2.32. The maximum Gasteiger partial charge on any atom is 0.167 e. The van der Waals surface area contributed by atoms with Crippen LogP contribution in [0.1, 0.15) is 12.8 Å². The number of nitrogens with one attached hydrogen (secondary N) is 1. The van der Waals surface area contributed by atoms with Crippen LogP contribution < -0.4 is 20.7 Å². The number of benzene rings is 1. The lowest BCUT2D eigenvalue weighted by molar-refractivity contribution is 0.0849. The third-order valence-electron chi connectivity index (χ3n) is 4.40. The zero-order chi connectivity index (χ0) is 16.5. The minimum absolute atomic E-state index is 0.149. The Morgan fingerprint density at radius 3 is 2.88 bits per heavy atom. The van der Waals surface area contributed by atoms with Gasteiger partial charge in [0.05, 0.1) is 6.67 Å². The van der Waals surface area contributed by atoms with Crippen molar-refractivity contribution in [1.29, 1.82) is 0 Å². The molecule has 3 N–H and O–H groups in total. The molecule has 0 saturated carbocycles. The fraction of sp³-hybridized carbons (Fsp3) is 0.353. The summed E-state index contributed by atoms with van der Waals surface area (Å²) in [7, 11) is 0. The first kappa shape index (κ1) is 15.0. The molecule has 2 aliphatic heterocycles. The van der Waals surface area contributed by atoms with Gasteiger partial charge in [-0.1, -0.05) is 0 Å². The number of fused-ring (bicyclic) bond motifs is 1. The minimum atomic E-state index is -0.482. The molecule has 3 heterocycles. The van der Waals surface area contributed by atoms with Crippen molar-refractivity contribution in [3.8, 4) is 11.5 Å². The largest absolute Gasteiger partial charge is 0.452 e. The summed E-state index contributed by atoms with van der Waals surface area (Å²) in [4.78, 5) is 6.60. The number of nitrogens with zero attached hydrogens (tertiary/aromatic N) is 2. The van der Waals surface area contributed by atoms with Crippen LogP contribution in [0.5, 0.6) is 11.5 Å². The number of nitrogens with two attached hydrogens (primary N) is 1. The average molecular weight is 330 g/mol. The minimum Gasteiger partial charge on any atom is -0.452 e. The van der Waals surface area contributed by atoms with Gasteiger partial charge in [0.1, 0.15) is 5.69 Å².